The van der Waals surface area contributed by atoms with E-state index in [1.165, 1.54) is 0 Å². The smallest absolute Gasteiger partial charge is 0.311 e. The highest BCUT2D eigenvalue weighted by Crippen LogP contribution is 2.28. The first-order chi connectivity index (χ1) is 11.1. The predicted octanol–water partition coefficient (Wildman–Crippen LogP) is 4.14. The topological polar surface area (TPSA) is 64.7 Å². The van der Waals surface area contributed by atoms with Gasteiger partial charge in [-0.3, -0.25) is 4.79 Å². The minimum atomic E-state index is -0.270. The van der Waals surface area contributed by atoms with Crippen molar-refractivity contribution in [3.05, 3.63) is 70.1 Å². The zero-order chi connectivity index (χ0) is 16.2. The van der Waals surface area contributed by atoms with Gasteiger partial charge in [-0.1, -0.05) is 36.4 Å². The van der Waals surface area contributed by atoms with Crippen LogP contribution in [0, 0.1) is 6.92 Å². The van der Waals surface area contributed by atoms with E-state index >= 15 is 0 Å². The third kappa shape index (κ3) is 3.81. The van der Waals surface area contributed by atoms with Gasteiger partial charge in [0, 0.05) is 0 Å². The van der Waals surface area contributed by atoms with Gasteiger partial charge in [0.15, 0.2) is 0 Å². The number of ether oxygens (including phenoxy) is 1. The van der Waals surface area contributed by atoms with Gasteiger partial charge in [0.05, 0.1) is 4.91 Å². The molecular weight excluding hydrogens is 308 g/mol. The Bertz CT molecular complexity index is 798. The van der Waals surface area contributed by atoms with E-state index in [1.54, 1.807) is 0 Å². The highest BCUT2D eigenvalue weighted by molar-refractivity contribution is 8.18. The average Bonchev–Trinajstić information content (AvgIpc) is 2.85. The Hall–Kier alpha value is -2.53. The van der Waals surface area contributed by atoms with Crippen LogP contribution in [0.25, 0.3) is 6.08 Å². The Morgan fingerprint density at radius 1 is 1.22 bits per heavy atom. The zero-order valence-electron chi connectivity index (χ0n) is 12.7. The van der Waals surface area contributed by atoms with Crippen LogP contribution in [0.15, 0.2) is 58.4 Å². The number of rotatable bonds is 4. The standard InChI is InChI=1S/C18H16N2O2S/c1-12-9-14(10-16-17(19)20-18(21)23-16)7-8-15(12)22-11-13-5-3-2-4-6-13/h2-10H,11H2,1H3,(H2,19,20,21). The molecule has 4 nitrogen and oxygen atoms in total. The number of hydrogen-bond acceptors (Lipinski definition) is 4. The lowest BCUT2D eigenvalue weighted by molar-refractivity contribution is 0.268. The highest BCUT2D eigenvalue weighted by atomic mass is 32.2. The number of hydrogen-bond donors (Lipinski definition) is 1. The van der Waals surface area contributed by atoms with Gasteiger partial charge in [0.25, 0.3) is 0 Å². The van der Waals surface area contributed by atoms with Crippen LogP contribution >= 0.6 is 11.8 Å². The van der Waals surface area contributed by atoms with E-state index in [1.807, 2.05) is 61.5 Å². The van der Waals surface area contributed by atoms with Gasteiger partial charge in [-0.2, -0.15) is 4.99 Å². The summed E-state index contributed by atoms with van der Waals surface area (Å²) < 4.78 is 5.86. The lowest BCUT2D eigenvalue weighted by Crippen LogP contribution is -2.08. The maximum Gasteiger partial charge on any atom is 0.311 e. The van der Waals surface area contributed by atoms with E-state index in [9.17, 15) is 4.79 Å². The first-order valence-electron chi connectivity index (χ1n) is 7.17. The van der Waals surface area contributed by atoms with Crippen molar-refractivity contribution in [3.63, 3.8) is 0 Å². The summed E-state index contributed by atoms with van der Waals surface area (Å²) in [7, 11) is 0. The summed E-state index contributed by atoms with van der Waals surface area (Å²) in [6.45, 7) is 2.53. The van der Waals surface area contributed by atoms with E-state index in [2.05, 4.69) is 4.99 Å². The Kier molecular flexibility index (Phi) is 4.48. The molecule has 2 aromatic rings. The maximum absolute atomic E-state index is 11.2. The lowest BCUT2D eigenvalue weighted by Gasteiger charge is -2.10. The summed E-state index contributed by atoms with van der Waals surface area (Å²) in [5, 5.41) is -0.270. The van der Waals surface area contributed by atoms with Crippen molar-refractivity contribution in [2.24, 2.45) is 10.7 Å². The van der Waals surface area contributed by atoms with E-state index < -0.39 is 0 Å². The number of thioether (sulfide) groups is 1. The van der Waals surface area contributed by atoms with Gasteiger partial charge < -0.3 is 10.5 Å². The summed E-state index contributed by atoms with van der Waals surface area (Å²) in [6.07, 6.45) is 1.86. The molecule has 0 saturated heterocycles. The third-order valence-electron chi connectivity index (χ3n) is 3.40. The number of carbonyl (C=O) groups excluding carboxylic acids is 1. The Balaban J connectivity index is 1.72. The number of nitrogens with two attached hydrogens (primary N) is 1. The number of amides is 1. The van der Waals surface area contributed by atoms with Crippen molar-refractivity contribution in [2.45, 2.75) is 13.5 Å². The van der Waals surface area contributed by atoms with Crippen molar-refractivity contribution < 1.29 is 9.53 Å². The van der Waals surface area contributed by atoms with Crippen LogP contribution in [0.2, 0.25) is 0 Å². The monoisotopic (exact) mass is 324 g/mol. The molecule has 3 rings (SSSR count). The number of benzene rings is 2. The number of aliphatic imine (C=N–C) groups is 1. The summed E-state index contributed by atoms with van der Waals surface area (Å²) in [5.41, 5.74) is 8.83. The summed E-state index contributed by atoms with van der Waals surface area (Å²) in [6, 6.07) is 15.9. The molecule has 2 aromatic carbocycles. The molecule has 1 aliphatic rings. The van der Waals surface area contributed by atoms with E-state index in [0.29, 0.717) is 11.5 Å². The molecule has 0 spiro atoms. The molecule has 1 aliphatic heterocycles. The van der Waals surface area contributed by atoms with Crippen LogP contribution in [0.3, 0.4) is 0 Å². The normalized spacial score (nSPS) is 15.8. The molecule has 0 aromatic heterocycles. The summed E-state index contributed by atoms with van der Waals surface area (Å²) in [5.74, 6) is 1.12. The Labute approximate surface area is 139 Å². The maximum atomic E-state index is 11.2. The second kappa shape index (κ2) is 6.71. The quantitative estimate of drug-likeness (QED) is 0.918. The molecule has 116 valence electrons. The largest absolute Gasteiger partial charge is 0.489 e. The zero-order valence-corrected chi connectivity index (χ0v) is 13.5. The van der Waals surface area contributed by atoms with Gasteiger partial charge in [-0.05, 0) is 53.6 Å². The van der Waals surface area contributed by atoms with Crippen LogP contribution < -0.4 is 10.5 Å². The molecule has 23 heavy (non-hydrogen) atoms. The second-order valence-electron chi connectivity index (χ2n) is 5.17. The molecule has 0 radical (unpaired) electrons. The molecule has 0 saturated carbocycles. The van der Waals surface area contributed by atoms with Gasteiger partial charge in [0.1, 0.15) is 18.2 Å². The summed E-state index contributed by atoms with van der Waals surface area (Å²) in [4.78, 5) is 15.6. The minimum absolute atomic E-state index is 0.270. The average molecular weight is 324 g/mol. The number of nitrogens with zero attached hydrogens (tertiary/aromatic N) is 1. The third-order valence-corrected chi connectivity index (χ3v) is 4.21. The van der Waals surface area contributed by atoms with Crippen molar-refractivity contribution in [2.75, 3.05) is 0 Å². The van der Waals surface area contributed by atoms with Crippen molar-refractivity contribution >= 4 is 28.9 Å². The predicted molar refractivity (Wildman–Crippen MR) is 94.5 cm³/mol. The Morgan fingerprint density at radius 2 is 2.00 bits per heavy atom. The summed E-state index contributed by atoms with van der Waals surface area (Å²) >= 11 is 1.05. The number of amidine groups is 1. The first-order valence-corrected chi connectivity index (χ1v) is 7.99. The highest BCUT2D eigenvalue weighted by Gasteiger charge is 2.18. The molecule has 0 atom stereocenters. The lowest BCUT2D eigenvalue weighted by atomic mass is 10.1. The molecule has 1 heterocycles. The number of aryl methyl sites for hydroxylation is 1. The first kappa shape index (κ1) is 15.4. The van der Waals surface area contributed by atoms with E-state index in [0.717, 1.165) is 34.2 Å². The molecule has 0 unspecified atom stereocenters. The van der Waals surface area contributed by atoms with Gasteiger partial charge in [-0.25, -0.2) is 0 Å². The molecule has 1 amide bonds. The fourth-order valence-corrected chi connectivity index (χ4v) is 2.91. The van der Waals surface area contributed by atoms with Crippen LogP contribution in [-0.4, -0.2) is 11.1 Å². The van der Waals surface area contributed by atoms with Crippen LogP contribution in [0.4, 0.5) is 4.79 Å². The van der Waals surface area contributed by atoms with Gasteiger partial charge >= 0.3 is 5.24 Å². The molecule has 2 N–H and O–H groups in total. The van der Waals surface area contributed by atoms with Crippen LogP contribution in [0.5, 0.6) is 5.75 Å². The van der Waals surface area contributed by atoms with Gasteiger partial charge in [-0.15, -0.1) is 0 Å². The molecule has 0 fully saturated rings. The van der Waals surface area contributed by atoms with Crippen molar-refractivity contribution in [3.8, 4) is 5.75 Å². The minimum Gasteiger partial charge on any atom is -0.489 e. The van der Waals surface area contributed by atoms with E-state index in [-0.39, 0.29) is 11.1 Å². The van der Waals surface area contributed by atoms with E-state index in [4.69, 9.17) is 10.5 Å². The van der Waals surface area contributed by atoms with Crippen LogP contribution in [-0.2, 0) is 6.61 Å². The van der Waals surface area contributed by atoms with Crippen molar-refractivity contribution in [1.29, 1.82) is 0 Å². The SMILES string of the molecule is Cc1cc(C=C2SC(=O)N=C2N)ccc1OCc1ccccc1. The van der Waals surface area contributed by atoms with Crippen molar-refractivity contribution in [1.82, 2.24) is 0 Å². The fraction of sp³-hybridized carbons (Fsp3) is 0.111. The van der Waals surface area contributed by atoms with Crippen LogP contribution in [0.1, 0.15) is 16.7 Å². The number of carbonyl (C=O) groups is 1. The molecular formula is C18H16N2O2S. The molecule has 5 heteroatoms. The molecule has 0 bridgehead atoms. The fourth-order valence-electron chi connectivity index (χ4n) is 2.24. The molecule has 0 aliphatic carbocycles. The second-order valence-corrected chi connectivity index (χ2v) is 6.17. The Morgan fingerprint density at radius 3 is 2.65 bits per heavy atom. The van der Waals surface area contributed by atoms with Gasteiger partial charge in [0.2, 0.25) is 0 Å².